The van der Waals surface area contributed by atoms with Gasteiger partial charge in [0.1, 0.15) is 5.69 Å². The van der Waals surface area contributed by atoms with Gasteiger partial charge in [-0.3, -0.25) is 14.6 Å². The monoisotopic (exact) mass is 243 g/mol. The Hall–Kier alpha value is -1.93. The summed E-state index contributed by atoms with van der Waals surface area (Å²) >= 11 is 0. The molecule has 0 radical (unpaired) electrons. The fraction of sp³-hybridized carbons (Fsp3) is 0.444. The number of carbonyl (C=O) groups excluding carboxylic acids is 1. The molecule has 8 nitrogen and oxygen atoms in total. The van der Waals surface area contributed by atoms with Crippen molar-refractivity contribution in [2.75, 3.05) is 20.3 Å². The first-order valence-electron chi connectivity index (χ1n) is 4.81. The van der Waals surface area contributed by atoms with Crippen LogP contribution in [0, 0.1) is 0 Å². The predicted molar refractivity (Wildman–Crippen MR) is 57.9 cm³/mol. The molecule has 0 saturated carbocycles. The highest BCUT2D eigenvalue weighted by Crippen LogP contribution is 1.90. The van der Waals surface area contributed by atoms with E-state index in [0.29, 0.717) is 0 Å². The van der Waals surface area contributed by atoms with Crippen molar-refractivity contribution in [3.8, 4) is 0 Å². The van der Waals surface area contributed by atoms with Crippen LogP contribution in [-0.4, -0.2) is 47.3 Å². The number of aromatic nitrogens is 2. The number of hydrogen-bond donors (Lipinski definition) is 4. The van der Waals surface area contributed by atoms with Crippen molar-refractivity contribution in [3.63, 3.8) is 0 Å². The summed E-state index contributed by atoms with van der Waals surface area (Å²) in [6.45, 7) is -0.192. The van der Waals surface area contributed by atoms with Gasteiger partial charge < -0.3 is 20.1 Å². The molecule has 0 saturated heterocycles. The van der Waals surface area contributed by atoms with Crippen LogP contribution in [0.1, 0.15) is 10.5 Å². The lowest BCUT2D eigenvalue weighted by molar-refractivity contribution is 0.0834. The molecule has 0 aliphatic carbocycles. The predicted octanol–water partition coefficient (Wildman–Crippen LogP) is -2.20. The highest BCUT2D eigenvalue weighted by molar-refractivity contribution is 5.92. The first-order valence-corrected chi connectivity index (χ1v) is 4.81. The molecule has 0 aliphatic heterocycles. The maximum atomic E-state index is 11.6. The van der Waals surface area contributed by atoms with E-state index < -0.39 is 23.2 Å². The van der Waals surface area contributed by atoms with E-state index in [4.69, 9.17) is 9.84 Å². The molecule has 17 heavy (non-hydrogen) atoms. The van der Waals surface area contributed by atoms with Crippen LogP contribution in [0.25, 0.3) is 0 Å². The summed E-state index contributed by atoms with van der Waals surface area (Å²) in [6, 6.07) is 0.355. The van der Waals surface area contributed by atoms with Gasteiger partial charge in [0.15, 0.2) is 0 Å². The van der Waals surface area contributed by atoms with Gasteiger partial charge in [-0.2, -0.15) is 0 Å². The summed E-state index contributed by atoms with van der Waals surface area (Å²) in [5.74, 6) is -0.663. The summed E-state index contributed by atoms with van der Waals surface area (Å²) in [4.78, 5) is 37.6. The largest absolute Gasteiger partial charge is 0.394 e. The summed E-state index contributed by atoms with van der Waals surface area (Å²) in [7, 11) is 1.42. The minimum absolute atomic E-state index is 0.121. The standard InChI is InChI=1S/C9H13N3O5/c1-17-4-5(3-13)10-8(15)6-2-7(14)12-9(16)11-6/h2,5,13H,3-4H2,1H3,(H,10,15)(H2,11,12,14,16). The molecule has 1 amide bonds. The summed E-state index contributed by atoms with van der Waals surface area (Å²) in [6.07, 6.45) is 0. The number of nitrogens with one attached hydrogen (secondary N) is 3. The average Bonchev–Trinajstić information content (AvgIpc) is 2.27. The van der Waals surface area contributed by atoms with Gasteiger partial charge in [0.2, 0.25) is 0 Å². The van der Waals surface area contributed by atoms with E-state index in [9.17, 15) is 14.4 Å². The summed E-state index contributed by atoms with van der Waals surface area (Å²) < 4.78 is 4.76. The van der Waals surface area contributed by atoms with Crippen LogP contribution in [0.15, 0.2) is 15.7 Å². The Labute approximate surface area is 95.6 Å². The molecule has 4 N–H and O–H groups in total. The Morgan fingerprint density at radius 1 is 1.53 bits per heavy atom. The van der Waals surface area contributed by atoms with Gasteiger partial charge in [0.25, 0.3) is 11.5 Å². The van der Waals surface area contributed by atoms with Gasteiger partial charge in [-0.1, -0.05) is 0 Å². The van der Waals surface area contributed by atoms with E-state index in [-0.39, 0.29) is 18.9 Å². The molecular formula is C9H13N3O5. The number of hydrogen-bond acceptors (Lipinski definition) is 5. The van der Waals surface area contributed by atoms with Crippen LogP contribution in [0.5, 0.6) is 0 Å². The molecule has 94 valence electrons. The number of amides is 1. The van der Waals surface area contributed by atoms with Gasteiger partial charge in [-0.15, -0.1) is 0 Å². The zero-order chi connectivity index (χ0) is 12.8. The topological polar surface area (TPSA) is 124 Å². The Kier molecular flexibility index (Phi) is 4.61. The minimum Gasteiger partial charge on any atom is -0.394 e. The second-order valence-corrected chi connectivity index (χ2v) is 3.31. The Bertz CT molecular complexity index is 464. The minimum atomic E-state index is -0.769. The smallest absolute Gasteiger partial charge is 0.326 e. The quantitative estimate of drug-likeness (QED) is 0.467. The Morgan fingerprint density at radius 3 is 2.76 bits per heavy atom. The Morgan fingerprint density at radius 2 is 2.24 bits per heavy atom. The van der Waals surface area contributed by atoms with Gasteiger partial charge in [0.05, 0.1) is 19.3 Å². The van der Waals surface area contributed by atoms with E-state index in [1.165, 1.54) is 7.11 Å². The number of aliphatic hydroxyl groups is 1. The average molecular weight is 243 g/mol. The molecule has 0 aromatic carbocycles. The molecule has 0 fully saturated rings. The molecule has 1 atom stereocenters. The highest BCUT2D eigenvalue weighted by Gasteiger charge is 2.13. The van der Waals surface area contributed by atoms with E-state index in [1.807, 2.05) is 4.98 Å². The molecule has 0 spiro atoms. The normalized spacial score (nSPS) is 12.1. The van der Waals surface area contributed by atoms with Crippen LogP contribution in [0.3, 0.4) is 0 Å². The van der Waals surface area contributed by atoms with Crippen LogP contribution in [0.4, 0.5) is 0 Å². The molecule has 1 aromatic rings. The molecule has 0 aliphatic rings. The van der Waals surface area contributed by atoms with Crippen molar-refractivity contribution in [1.82, 2.24) is 15.3 Å². The molecular weight excluding hydrogens is 230 g/mol. The highest BCUT2D eigenvalue weighted by atomic mass is 16.5. The third-order valence-electron chi connectivity index (χ3n) is 1.93. The third-order valence-corrected chi connectivity index (χ3v) is 1.93. The van der Waals surface area contributed by atoms with Crippen molar-refractivity contribution < 1.29 is 14.6 Å². The second kappa shape index (κ2) is 5.97. The van der Waals surface area contributed by atoms with Gasteiger partial charge in [-0.05, 0) is 0 Å². The van der Waals surface area contributed by atoms with Crippen molar-refractivity contribution in [3.05, 3.63) is 32.6 Å². The zero-order valence-electron chi connectivity index (χ0n) is 9.15. The second-order valence-electron chi connectivity index (χ2n) is 3.31. The van der Waals surface area contributed by atoms with Crippen LogP contribution in [0.2, 0.25) is 0 Å². The van der Waals surface area contributed by atoms with Gasteiger partial charge in [-0.25, -0.2) is 4.79 Å². The van der Waals surface area contributed by atoms with Crippen molar-refractivity contribution in [2.24, 2.45) is 0 Å². The van der Waals surface area contributed by atoms with Crippen molar-refractivity contribution >= 4 is 5.91 Å². The molecule has 1 rings (SSSR count). The first kappa shape index (κ1) is 13.1. The number of methoxy groups -OCH3 is 1. The number of aromatic amines is 2. The lowest BCUT2D eigenvalue weighted by Gasteiger charge is -2.14. The molecule has 0 bridgehead atoms. The number of ether oxygens (including phenoxy) is 1. The third kappa shape index (κ3) is 3.85. The Balaban J connectivity index is 2.82. The zero-order valence-corrected chi connectivity index (χ0v) is 9.15. The van der Waals surface area contributed by atoms with E-state index in [1.54, 1.807) is 0 Å². The van der Waals surface area contributed by atoms with E-state index in [0.717, 1.165) is 6.07 Å². The lowest BCUT2D eigenvalue weighted by atomic mass is 10.3. The fourth-order valence-corrected chi connectivity index (χ4v) is 1.20. The number of rotatable bonds is 5. The summed E-state index contributed by atoms with van der Waals surface area (Å²) in [5, 5.41) is 11.3. The van der Waals surface area contributed by atoms with Crippen LogP contribution >= 0.6 is 0 Å². The molecule has 8 heteroatoms. The van der Waals surface area contributed by atoms with Crippen molar-refractivity contribution in [1.29, 1.82) is 0 Å². The SMILES string of the molecule is COCC(CO)NC(=O)c1cc(=O)[nH]c(=O)[nH]1. The molecule has 1 aromatic heterocycles. The first-order chi connectivity index (χ1) is 8.06. The maximum Gasteiger partial charge on any atom is 0.326 e. The summed E-state index contributed by atoms with van der Waals surface area (Å²) in [5.41, 5.74) is -1.62. The molecule has 1 unspecified atom stereocenters. The number of H-pyrrole nitrogens is 2. The fourth-order valence-electron chi connectivity index (χ4n) is 1.20. The number of carbonyl (C=O) groups is 1. The van der Waals surface area contributed by atoms with Gasteiger partial charge in [0, 0.05) is 13.2 Å². The van der Waals surface area contributed by atoms with E-state index >= 15 is 0 Å². The van der Waals surface area contributed by atoms with Crippen LogP contribution < -0.4 is 16.6 Å². The lowest BCUT2D eigenvalue weighted by Crippen LogP contribution is -2.42. The number of aliphatic hydroxyl groups excluding tert-OH is 1. The van der Waals surface area contributed by atoms with Crippen molar-refractivity contribution in [2.45, 2.75) is 6.04 Å². The maximum absolute atomic E-state index is 11.6. The van der Waals surface area contributed by atoms with Crippen LogP contribution in [-0.2, 0) is 4.74 Å². The van der Waals surface area contributed by atoms with E-state index in [2.05, 4.69) is 10.3 Å². The van der Waals surface area contributed by atoms with Gasteiger partial charge >= 0.3 is 5.69 Å². The molecule has 1 heterocycles.